The van der Waals surface area contributed by atoms with Crippen molar-refractivity contribution < 1.29 is 4.74 Å². The number of imidazole rings is 1. The molecular weight excluding hydrogens is 216 g/mol. The van der Waals surface area contributed by atoms with Crippen molar-refractivity contribution in [2.24, 2.45) is 0 Å². The fourth-order valence-electron chi connectivity index (χ4n) is 2.33. The van der Waals surface area contributed by atoms with E-state index in [9.17, 15) is 0 Å². The van der Waals surface area contributed by atoms with Crippen LogP contribution in [-0.4, -0.2) is 48.9 Å². The first-order chi connectivity index (χ1) is 8.22. The maximum Gasteiger partial charge on any atom is 0.205 e. The molecule has 1 aromatic rings. The summed E-state index contributed by atoms with van der Waals surface area (Å²) in [5.41, 5.74) is 0. The lowest BCUT2D eigenvalue weighted by molar-refractivity contribution is 0.162. The minimum Gasteiger partial charge on any atom is -0.383 e. The number of hydrogen-bond donors (Lipinski definition) is 1. The van der Waals surface area contributed by atoms with Gasteiger partial charge in [0.1, 0.15) is 0 Å². The topological polar surface area (TPSA) is 42.3 Å². The highest BCUT2D eigenvalue weighted by atomic mass is 16.5. The molecule has 17 heavy (non-hydrogen) atoms. The van der Waals surface area contributed by atoms with Crippen LogP contribution in [0.5, 0.6) is 0 Å². The number of piperazine rings is 1. The van der Waals surface area contributed by atoms with E-state index >= 15 is 0 Å². The maximum atomic E-state index is 5.21. The van der Waals surface area contributed by atoms with Crippen LogP contribution in [0.2, 0.25) is 0 Å². The standard InChI is InChI=1S/C12H22N4O/c1-10-8-15(6-4-13-10)12-14-5-7-16(12)11(2)9-17-3/h5,7,10-11,13H,4,6,8-9H2,1-3H3/t10-,11?/m0/s1. The second kappa shape index (κ2) is 5.51. The van der Waals surface area contributed by atoms with E-state index in [4.69, 9.17) is 4.74 Å². The predicted molar refractivity (Wildman–Crippen MR) is 68.5 cm³/mol. The molecule has 0 spiro atoms. The Morgan fingerprint density at radius 2 is 2.47 bits per heavy atom. The van der Waals surface area contributed by atoms with Crippen molar-refractivity contribution in [2.45, 2.75) is 25.9 Å². The maximum absolute atomic E-state index is 5.21. The van der Waals surface area contributed by atoms with Crippen molar-refractivity contribution in [1.29, 1.82) is 0 Å². The molecule has 1 saturated heterocycles. The normalized spacial score (nSPS) is 22.8. The molecule has 0 amide bonds. The van der Waals surface area contributed by atoms with Crippen molar-refractivity contribution in [3.8, 4) is 0 Å². The highest BCUT2D eigenvalue weighted by molar-refractivity contribution is 5.33. The number of hydrogen-bond acceptors (Lipinski definition) is 4. The third-order valence-corrected chi connectivity index (χ3v) is 3.18. The van der Waals surface area contributed by atoms with Crippen LogP contribution >= 0.6 is 0 Å². The van der Waals surface area contributed by atoms with Crippen LogP contribution in [-0.2, 0) is 4.74 Å². The van der Waals surface area contributed by atoms with Gasteiger partial charge in [0.2, 0.25) is 5.95 Å². The van der Waals surface area contributed by atoms with Crippen LogP contribution < -0.4 is 10.2 Å². The number of rotatable bonds is 4. The van der Waals surface area contributed by atoms with E-state index in [-0.39, 0.29) is 0 Å². The number of anilines is 1. The molecule has 0 radical (unpaired) electrons. The van der Waals surface area contributed by atoms with E-state index in [0.717, 1.165) is 25.6 Å². The Hall–Kier alpha value is -1.07. The molecular formula is C12H22N4O. The minimum absolute atomic E-state index is 0.322. The molecule has 96 valence electrons. The second-order valence-electron chi connectivity index (χ2n) is 4.74. The van der Waals surface area contributed by atoms with Crippen LogP contribution in [0.4, 0.5) is 5.95 Å². The average molecular weight is 238 g/mol. The van der Waals surface area contributed by atoms with Crippen molar-refractivity contribution in [1.82, 2.24) is 14.9 Å². The highest BCUT2D eigenvalue weighted by Gasteiger charge is 2.21. The Labute approximate surface area is 103 Å². The molecule has 5 nitrogen and oxygen atoms in total. The van der Waals surface area contributed by atoms with E-state index in [1.54, 1.807) is 7.11 Å². The fourth-order valence-corrected chi connectivity index (χ4v) is 2.33. The number of aromatic nitrogens is 2. The number of nitrogens with zero attached hydrogens (tertiary/aromatic N) is 3. The largest absolute Gasteiger partial charge is 0.383 e. The molecule has 1 N–H and O–H groups in total. The fraction of sp³-hybridized carbons (Fsp3) is 0.750. The summed E-state index contributed by atoms with van der Waals surface area (Å²) in [7, 11) is 1.74. The lowest BCUT2D eigenvalue weighted by Crippen LogP contribution is -2.50. The minimum atomic E-state index is 0.322. The Morgan fingerprint density at radius 1 is 1.65 bits per heavy atom. The Kier molecular flexibility index (Phi) is 4.02. The summed E-state index contributed by atoms with van der Waals surface area (Å²) in [6, 6.07) is 0.842. The van der Waals surface area contributed by atoms with E-state index in [1.807, 2.05) is 12.4 Å². The summed E-state index contributed by atoms with van der Waals surface area (Å²) in [6.45, 7) is 8.12. The summed E-state index contributed by atoms with van der Waals surface area (Å²) in [6.07, 6.45) is 3.90. The average Bonchev–Trinajstić information content (AvgIpc) is 2.78. The van der Waals surface area contributed by atoms with Crippen molar-refractivity contribution in [3.05, 3.63) is 12.4 Å². The summed E-state index contributed by atoms with van der Waals surface area (Å²) < 4.78 is 7.41. The molecule has 1 aliphatic heterocycles. The van der Waals surface area contributed by atoms with Gasteiger partial charge < -0.3 is 19.5 Å². The van der Waals surface area contributed by atoms with E-state index in [0.29, 0.717) is 18.7 Å². The molecule has 2 atom stereocenters. The molecule has 1 aliphatic rings. The smallest absolute Gasteiger partial charge is 0.205 e. The SMILES string of the molecule is COCC(C)n1ccnc1N1CCN[C@@H](C)C1. The molecule has 0 aliphatic carbocycles. The number of methoxy groups -OCH3 is 1. The first-order valence-electron chi connectivity index (χ1n) is 6.22. The Morgan fingerprint density at radius 3 is 3.18 bits per heavy atom. The Bertz CT molecular complexity index is 352. The first kappa shape index (κ1) is 12.4. The quantitative estimate of drug-likeness (QED) is 0.846. The van der Waals surface area contributed by atoms with Gasteiger partial charge >= 0.3 is 0 Å². The van der Waals surface area contributed by atoms with E-state index < -0.39 is 0 Å². The molecule has 1 unspecified atom stereocenters. The van der Waals surface area contributed by atoms with Gasteiger partial charge in [-0.1, -0.05) is 0 Å². The van der Waals surface area contributed by atoms with Gasteiger partial charge in [0.25, 0.3) is 0 Å². The third-order valence-electron chi connectivity index (χ3n) is 3.18. The highest BCUT2D eigenvalue weighted by Crippen LogP contribution is 2.19. The molecule has 0 aromatic carbocycles. The number of nitrogens with one attached hydrogen (secondary N) is 1. The molecule has 1 fully saturated rings. The van der Waals surface area contributed by atoms with Gasteiger partial charge in [-0.2, -0.15) is 0 Å². The lowest BCUT2D eigenvalue weighted by Gasteiger charge is -2.33. The van der Waals surface area contributed by atoms with Gasteiger partial charge in [0, 0.05) is 45.2 Å². The first-order valence-corrected chi connectivity index (χ1v) is 6.22. The zero-order chi connectivity index (χ0) is 12.3. The number of ether oxygens (including phenoxy) is 1. The van der Waals surface area contributed by atoms with E-state index in [2.05, 4.69) is 33.6 Å². The zero-order valence-electron chi connectivity index (χ0n) is 10.9. The summed E-state index contributed by atoms with van der Waals surface area (Å²) in [5.74, 6) is 1.06. The van der Waals surface area contributed by atoms with Crippen LogP contribution in [0.1, 0.15) is 19.9 Å². The van der Waals surface area contributed by atoms with Crippen molar-refractivity contribution >= 4 is 5.95 Å². The molecule has 1 aromatic heterocycles. The molecule has 2 heterocycles. The van der Waals surface area contributed by atoms with Gasteiger partial charge in [-0.05, 0) is 13.8 Å². The van der Waals surface area contributed by atoms with Gasteiger partial charge in [0.15, 0.2) is 0 Å². The summed E-state index contributed by atoms with van der Waals surface area (Å²) in [5, 5.41) is 3.44. The Balaban J connectivity index is 2.12. The summed E-state index contributed by atoms with van der Waals surface area (Å²) in [4.78, 5) is 6.82. The van der Waals surface area contributed by atoms with Crippen molar-refractivity contribution in [2.75, 3.05) is 38.3 Å². The van der Waals surface area contributed by atoms with Crippen LogP contribution in [0.25, 0.3) is 0 Å². The van der Waals surface area contributed by atoms with E-state index in [1.165, 1.54) is 0 Å². The second-order valence-corrected chi connectivity index (χ2v) is 4.74. The zero-order valence-corrected chi connectivity index (χ0v) is 10.9. The van der Waals surface area contributed by atoms with Gasteiger partial charge in [-0.15, -0.1) is 0 Å². The van der Waals surface area contributed by atoms with Crippen LogP contribution in [0.3, 0.4) is 0 Å². The predicted octanol–water partition coefficient (Wildman–Crippen LogP) is 0.889. The molecule has 5 heteroatoms. The molecule has 0 saturated carbocycles. The summed E-state index contributed by atoms with van der Waals surface area (Å²) >= 11 is 0. The lowest BCUT2D eigenvalue weighted by atomic mass is 10.2. The third kappa shape index (κ3) is 2.79. The van der Waals surface area contributed by atoms with Crippen LogP contribution in [0.15, 0.2) is 12.4 Å². The van der Waals surface area contributed by atoms with Gasteiger partial charge in [-0.25, -0.2) is 4.98 Å². The molecule has 0 bridgehead atoms. The molecule has 2 rings (SSSR count). The van der Waals surface area contributed by atoms with Crippen molar-refractivity contribution in [3.63, 3.8) is 0 Å². The van der Waals surface area contributed by atoms with Crippen LogP contribution in [0, 0.1) is 0 Å². The van der Waals surface area contributed by atoms with Gasteiger partial charge in [0.05, 0.1) is 12.6 Å². The monoisotopic (exact) mass is 238 g/mol. The van der Waals surface area contributed by atoms with Gasteiger partial charge in [-0.3, -0.25) is 0 Å².